The summed E-state index contributed by atoms with van der Waals surface area (Å²) in [7, 11) is 3.10. The predicted octanol–water partition coefficient (Wildman–Crippen LogP) is 1.60. The molecule has 0 spiro atoms. The van der Waals surface area contributed by atoms with E-state index in [1.165, 1.54) is 0 Å². The molecule has 0 aliphatic rings. The standard InChI is InChI=1S/C3H7O.C2H4F.Y/c1-3-4-2;1-2-3;/h2-3H2,1H3;1-2H2;/q2*-1;. The van der Waals surface area contributed by atoms with Crippen LogP contribution in [0.1, 0.15) is 6.92 Å². The minimum absolute atomic E-state index is 0. The second-order valence-corrected chi connectivity index (χ2v) is 0.682. The number of hydrogen-bond acceptors (Lipinski definition) is 1. The van der Waals surface area contributed by atoms with Crippen molar-refractivity contribution in [1.29, 1.82) is 0 Å². The van der Waals surface area contributed by atoms with Crippen molar-refractivity contribution in [2.75, 3.05) is 13.3 Å². The van der Waals surface area contributed by atoms with Crippen LogP contribution in [0.3, 0.4) is 0 Å². The van der Waals surface area contributed by atoms with E-state index < -0.39 is 6.67 Å². The molecule has 0 aromatic rings. The topological polar surface area (TPSA) is 9.23 Å². The molecule has 0 aliphatic carbocycles. The van der Waals surface area contributed by atoms with Gasteiger partial charge >= 0.3 is 0 Å². The Morgan fingerprint density at radius 1 is 1.62 bits per heavy atom. The van der Waals surface area contributed by atoms with E-state index in [2.05, 4.69) is 18.8 Å². The molecule has 0 heterocycles. The first-order valence-corrected chi connectivity index (χ1v) is 2.05. The Kier molecular flexibility index (Phi) is 49.0. The summed E-state index contributed by atoms with van der Waals surface area (Å²) >= 11 is 0. The van der Waals surface area contributed by atoms with Gasteiger partial charge in [0.15, 0.2) is 0 Å². The first-order chi connectivity index (χ1) is 3.33. The summed E-state index contributed by atoms with van der Waals surface area (Å²) in [5.74, 6) is 0. The van der Waals surface area contributed by atoms with Crippen molar-refractivity contribution in [1.82, 2.24) is 0 Å². The van der Waals surface area contributed by atoms with Crippen molar-refractivity contribution in [3.63, 3.8) is 0 Å². The molecular formula is C5H11FOY-2. The SMILES string of the molecule is [CH2-]CF.[CH2-]OCC.[Y]. The van der Waals surface area contributed by atoms with Gasteiger partial charge < -0.3 is 11.7 Å². The molecule has 8 heavy (non-hydrogen) atoms. The van der Waals surface area contributed by atoms with Crippen LogP contribution in [-0.4, -0.2) is 13.3 Å². The van der Waals surface area contributed by atoms with Gasteiger partial charge in [0.1, 0.15) is 0 Å². The zero-order valence-electron chi connectivity index (χ0n) is 5.19. The van der Waals surface area contributed by atoms with Crippen LogP contribution in [0.5, 0.6) is 0 Å². The van der Waals surface area contributed by atoms with Crippen LogP contribution < -0.4 is 0 Å². The van der Waals surface area contributed by atoms with Gasteiger partial charge in [-0.3, -0.25) is 4.39 Å². The van der Waals surface area contributed by atoms with Gasteiger partial charge in [0, 0.05) is 39.3 Å². The van der Waals surface area contributed by atoms with Crippen LogP contribution in [0.15, 0.2) is 0 Å². The maximum Gasteiger partial charge on any atom is 0.00804 e. The van der Waals surface area contributed by atoms with Crippen molar-refractivity contribution >= 4 is 0 Å². The van der Waals surface area contributed by atoms with Crippen LogP contribution in [0.4, 0.5) is 4.39 Å². The Morgan fingerprint density at radius 3 is 1.75 bits per heavy atom. The predicted molar refractivity (Wildman–Crippen MR) is 28.3 cm³/mol. The zero-order chi connectivity index (χ0) is 6.12. The molecule has 1 radical (unpaired) electrons. The van der Waals surface area contributed by atoms with E-state index in [0.717, 1.165) is 0 Å². The summed E-state index contributed by atoms with van der Waals surface area (Å²) in [6, 6.07) is 0. The second-order valence-electron chi connectivity index (χ2n) is 0.682. The van der Waals surface area contributed by atoms with E-state index in [1.54, 1.807) is 0 Å². The Morgan fingerprint density at radius 2 is 1.75 bits per heavy atom. The molecule has 0 aromatic carbocycles. The molecule has 0 amide bonds. The molecule has 0 fully saturated rings. The molecule has 0 saturated carbocycles. The number of alkyl halides is 1. The van der Waals surface area contributed by atoms with Crippen molar-refractivity contribution in [2.24, 2.45) is 0 Å². The van der Waals surface area contributed by atoms with Crippen molar-refractivity contribution < 1.29 is 41.8 Å². The molecule has 0 aromatic heterocycles. The van der Waals surface area contributed by atoms with E-state index in [1.807, 2.05) is 6.92 Å². The minimum Gasteiger partial charge on any atom is -0.555 e. The second kappa shape index (κ2) is 24.5. The molecule has 0 saturated heterocycles. The molecule has 0 bridgehead atoms. The molecule has 0 atom stereocenters. The van der Waals surface area contributed by atoms with Gasteiger partial charge in [-0.2, -0.15) is 0 Å². The molecular weight excluding hydrogens is 184 g/mol. The smallest absolute Gasteiger partial charge is 0.00804 e. The van der Waals surface area contributed by atoms with Gasteiger partial charge in [0.05, 0.1) is 0 Å². The molecule has 49 valence electrons. The van der Waals surface area contributed by atoms with Crippen LogP contribution in [0.25, 0.3) is 0 Å². The zero-order valence-corrected chi connectivity index (χ0v) is 8.03. The first-order valence-electron chi connectivity index (χ1n) is 2.05. The number of ether oxygens (including phenoxy) is 1. The molecule has 1 nitrogen and oxygen atoms in total. The van der Waals surface area contributed by atoms with E-state index in [9.17, 15) is 4.39 Å². The average molecular weight is 195 g/mol. The van der Waals surface area contributed by atoms with Crippen LogP contribution in [-0.2, 0) is 37.4 Å². The summed E-state index contributed by atoms with van der Waals surface area (Å²) in [6.45, 7) is 4.92. The molecule has 0 N–H and O–H groups in total. The maximum absolute atomic E-state index is 10.2. The first kappa shape index (κ1) is 16.0. The van der Waals surface area contributed by atoms with E-state index in [4.69, 9.17) is 0 Å². The molecule has 0 rings (SSSR count). The Labute approximate surface area is 75.9 Å². The summed E-state index contributed by atoms with van der Waals surface area (Å²) in [6.07, 6.45) is 0. The van der Waals surface area contributed by atoms with Crippen molar-refractivity contribution in [3.8, 4) is 0 Å². The largest absolute Gasteiger partial charge is 0.555 e. The quantitative estimate of drug-likeness (QED) is 0.577. The Hall–Kier alpha value is 0.994. The minimum atomic E-state index is -0.500. The third kappa shape index (κ3) is 63.2. The fraction of sp³-hybridized carbons (Fsp3) is 0.600. The summed E-state index contributed by atoms with van der Waals surface area (Å²) in [4.78, 5) is 0. The summed E-state index contributed by atoms with van der Waals surface area (Å²) < 4.78 is 14.5. The third-order valence-electron chi connectivity index (χ3n) is 0.204. The normalized spacial score (nSPS) is 6.00. The monoisotopic (exact) mass is 195 g/mol. The van der Waals surface area contributed by atoms with E-state index >= 15 is 0 Å². The van der Waals surface area contributed by atoms with Crippen LogP contribution >= 0.6 is 0 Å². The fourth-order valence-electron chi connectivity index (χ4n) is 0. The fourth-order valence-corrected chi connectivity index (χ4v) is 0. The summed E-state index contributed by atoms with van der Waals surface area (Å²) in [5, 5.41) is 0. The van der Waals surface area contributed by atoms with Gasteiger partial charge in [0.2, 0.25) is 0 Å². The maximum atomic E-state index is 10.2. The van der Waals surface area contributed by atoms with Crippen molar-refractivity contribution in [2.45, 2.75) is 6.92 Å². The van der Waals surface area contributed by atoms with Gasteiger partial charge in [-0.25, -0.2) is 7.11 Å². The number of halogens is 1. The van der Waals surface area contributed by atoms with E-state index in [-0.39, 0.29) is 32.7 Å². The van der Waals surface area contributed by atoms with Crippen molar-refractivity contribution in [3.05, 3.63) is 14.0 Å². The molecule has 0 aliphatic heterocycles. The number of hydrogen-bond donors (Lipinski definition) is 0. The van der Waals surface area contributed by atoms with Gasteiger partial charge in [0.25, 0.3) is 0 Å². The summed E-state index contributed by atoms with van der Waals surface area (Å²) in [5.41, 5.74) is 0. The van der Waals surface area contributed by atoms with Crippen LogP contribution in [0.2, 0.25) is 0 Å². The average Bonchev–Trinajstić information content (AvgIpc) is 1.69. The van der Waals surface area contributed by atoms with Gasteiger partial charge in [-0.1, -0.05) is 0 Å². The van der Waals surface area contributed by atoms with Crippen LogP contribution in [0, 0.1) is 14.0 Å². The van der Waals surface area contributed by atoms with Gasteiger partial charge in [-0.15, -0.1) is 0 Å². The third-order valence-corrected chi connectivity index (χ3v) is 0.204. The van der Waals surface area contributed by atoms with E-state index in [0.29, 0.717) is 6.61 Å². The molecule has 0 unspecified atom stereocenters. The Balaban J connectivity index is -0.0000000575. The molecule has 3 heteroatoms. The number of rotatable bonds is 1. The Bertz CT molecular complexity index is 19.9. The van der Waals surface area contributed by atoms with Gasteiger partial charge in [-0.05, 0) is 13.6 Å².